The topological polar surface area (TPSA) is 62.6 Å². The Balaban J connectivity index is 1.61. The maximum atomic E-state index is 12.7. The second kappa shape index (κ2) is 7.34. The van der Waals surface area contributed by atoms with Crippen molar-refractivity contribution in [3.05, 3.63) is 60.1 Å². The van der Waals surface area contributed by atoms with Gasteiger partial charge in [0.15, 0.2) is 0 Å². The molecule has 1 aromatic carbocycles. The van der Waals surface area contributed by atoms with Crippen LogP contribution in [-0.4, -0.2) is 35.3 Å². The molecule has 5 nitrogen and oxygen atoms in total. The normalized spacial score (nSPS) is 18.4. The number of amides is 2. The highest BCUT2D eigenvalue weighted by Gasteiger charge is 2.32. The average Bonchev–Trinajstić information content (AvgIpc) is 3.27. The molecular weight excluding hydrogens is 304 g/mol. The maximum absolute atomic E-state index is 12.7. The highest BCUT2D eigenvalue weighted by Crippen LogP contribution is 2.22. The highest BCUT2D eigenvalue weighted by atomic mass is 16.3. The predicted molar refractivity (Wildman–Crippen MR) is 90.5 cm³/mol. The molecule has 24 heavy (non-hydrogen) atoms. The van der Waals surface area contributed by atoms with Crippen molar-refractivity contribution in [1.29, 1.82) is 0 Å². The van der Waals surface area contributed by atoms with Crippen LogP contribution in [0.25, 0.3) is 0 Å². The number of furan rings is 1. The summed E-state index contributed by atoms with van der Waals surface area (Å²) in [6.45, 7) is 2.49. The van der Waals surface area contributed by atoms with Gasteiger partial charge in [0.05, 0.1) is 11.8 Å². The van der Waals surface area contributed by atoms with E-state index in [4.69, 9.17) is 4.42 Å². The van der Waals surface area contributed by atoms with Crippen LogP contribution in [0.3, 0.4) is 0 Å². The number of carbonyl (C=O) groups is 2. The second-order valence-electron chi connectivity index (χ2n) is 6.22. The van der Waals surface area contributed by atoms with E-state index in [1.807, 2.05) is 23.1 Å². The first kappa shape index (κ1) is 16.3. The van der Waals surface area contributed by atoms with Crippen LogP contribution in [0.1, 0.15) is 35.7 Å². The zero-order valence-corrected chi connectivity index (χ0v) is 13.8. The first-order valence-corrected chi connectivity index (χ1v) is 8.32. The van der Waals surface area contributed by atoms with Crippen molar-refractivity contribution >= 4 is 11.8 Å². The zero-order chi connectivity index (χ0) is 16.9. The van der Waals surface area contributed by atoms with Crippen molar-refractivity contribution in [2.45, 2.75) is 38.3 Å². The minimum atomic E-state index is -0.552. The van der Waals surface area contributed by atoms with Gasteiger partial charge >= 0.3 is 0 Å². The lowest BCUT2D eigenvalue weighted by Gasteiger charge is -2.28. The van der Waals surface area contributed by atoms with E-state index in [1.54, 1.807) is 13.0 Å². The fraction of sp³-hybridized carbons (Fsp3) is 0.368. The van der Waals surface area contributed by atoms with Gasteiger partial charge in [-0.05, 0) is 37.8 Å². The molecule has 0 saturated carbocycles. The lowest BCUT2D eigenvalue weighted by molar-refractivity contribution is -0.133. The molecule has 1 aliphatic rings. The summed E-state index contributed by atoms with van der Waals surface area (Å²) in [4.78, 5) is 26.7. The van der Waals surface area contributed by atoms with Crippen molar-refractivity contribution in [1.82, 2.24) is 10.2 Å². The van der Waals surface area contributed by atoms with Crippen molar-refractivity contribution in [2.75, 3.05) is 6.54 Å². The van der Waals surface area contributed by atoms with Crippen LogP contribution in [0.4, 0.5) is 0 Å². The summed E-state index contributed by atoms with van der Waals surface area (Å²) in [6, 6.07) is 11.4. The largest absolute Gasteiger partial charge is 0.472 e. The SMILES string of the molecule is C[C@H](NC(=O)c1ccoc1)C(=O)N1CCC[C@H]1Cc1ccccc1. The molecule has 2 atom stereocenters. The molecule has 0 radical (unpaired) electrons. The Labute approximate surface area is 141 Å². The quantitative estimate of drug-likeness (QED) is 0.919. The van der Waals surface area contributed by atoms with E-state index >= 15 is 0 Å². The fourth-order valence-corrected chi connectivity index (χ4v) is 3.21. The van der Waals surface area contributed by atoms with Crippen LogP contribution in [0.2, 0.25) is 0 Å². The van der Waals surface area contributed by atoms with E-state index in [2.05, 4.69) is 17.4 Å². The molecule has 0 aliphatic carbocycles. The van der Waals surface area contributed by atoms with Crippen LogP contribution in [0.15, 0.2) is 53.3 Å². The lowest BCUT2D eigenvalue weighted by Crippen LogP contribution is -2.49. The molecule has 0 unspecified atom stereocenters. The first-order valence-electron chi connectivity index (χ1n) is 8.32. The van der Waals surface area contributed by atoms with Crippen molar-refractivity contribution in [3.8, 4) is 0 Å². The summed E-state index contributed by atoms with van der Waals surface area (Å²) in [5.74, 6) is -0.311. The summed E-state index contributed by atoms with van der Waals surface area (Å²) < 4.78 is 4.90. The van der Waals surface area contributed by atoms with Crippen molar-refractivity contribution in [3.63, 3.8) is 0 Å². The van der Waals surface area contributed by atoms with Gasteiger partial charge in [-0.2, -0.15) is 0 Å². The molecule has 1 saturated heterocycles. The molecule has 2 aromatic rings. The molecular formula is C19H22N2O3. The minimum Gasteiger partial charge on any atom is -0.472 e. The summed E-state index contributed by atoms with van der Waals surface area (Å²) in [5.41, 5.74) is 1.66. The Morgan fingerprint density at radius 1 is 1.29 bits per heavy atom. The summed E-state index contributed by atoms with van der Waals surface area (Å²) in [6.07, 6.45) is 5.68. The average molecular weight is 326 g/mol. The zero-order valence-electron chi connectivity index (χ0n) is 13.8. The summed E-state index contributed by atoms with van der Waals surface area (Å²) in [7, 11) is 0. The van der Waals surface area contributed by atoms with Crippen LogP contribution < -0.4 is 5.32 Å². The lowest BCUT2D eigenvalue weighted by atomic mass is 10.0. The third-order valence-electron chi connectivity index (χ3n) is 4.48. The van der Waals surface area contributed by atoms with Gasteiger partial charge in [-0.3, -0.25) is 9.59 Å². The molecule has 1 aliphatic heterocycles. The third kappa shape index (κ3) is 3.67. The smallest absolute Gasteiger partial charge is 0.255 e. The molecule has 1 fully saturated rings. The summed E-state index contributed by atoms with van der Waals surface area (Å²) >= 11 is 0. The molecule has 3 rings (SSSR count). The number of carbonyl (C=O) groups excluding carboxylic acids is 2. The van der Waals surface area contributed by atoms with Gasteiger partial charge in [-0.1, -0.05) is 30.3 Å². The molecule has 1 aromatic heterocycles. The highest BCUT2D eigenvalue weighted by molar-refractivity contribution is 5.97. The van der Waals surface area contributed by atoms with Gasteiger partial charge < -0.3 is 14.6 Å². The standard InChI is InChI=1S/C19H22N2O3/c1-14(20-18(22)16-9-11-24-13-16)19(23)21-10-5-8-17(21)12-15-6-3-2-4-7-15/h2-4,6-7,9,11,13-14,17H,5,8,10,12H2,1H3,(H,20,22)/t14-,17-/m0/s1. The van der Waals surface area contributed by atoms with E-state index in [0.717, 1.165) is 25.8 Å². The monoisotopic (exact) mass is 326 g/mol. The number of nitrogens with zero attached hydrogens (tertiary/aromatic N) is 1. The van der Waals surface area contributed by atoms with Gasteiger partial charge in [0.2, 0.25) is 5.91 Å². The van der Waals surface area contributed by atoms with Gasteiger partial charge in [-0.15, -0.1) is 0 Å². The van der Waals surface area contributed by atoms with E-state index < -0.39 is 6.04 Å². The van der Waals surface area contributed by atoms with Crippen molar-refractivity contribution in [2.24, 2.45) is 0 Å². The van der Waals surface area contributed by atoms with E-state index in [9.17, 15) is 9.59 Å². The molecule has 2 heterocycles. The number of hydrogen-bond acceptors (Lipinski definition) is 3. The Morgan fingerprint density at radius 2 is 2.08 bits per heavy atom. The maximum Gasteiger partial charge on any atom is 0.255 e. The number of likely N-dealkylation sites (tertiary alicyclic amines) is 1. The Morgan fingerprint density at radius 3 is 2.79 bits per heavy atom. The van der Waals surface area contributed by atoms with Gasteiger partial charge in [0.25, 0.3) is 5.91 Å². The van der Waals surface area contributed by atoms with Gasteiger partial charge in [0.1, 0.15) is 12.3 Å². The third-order valence-corrected chi connectivity index (χ3v) is 4.48. The molecule has 126 valence electrons. The Bertz CT molecular complexity index is 682. The van der Waals surface area contributed by atoms with Crippen molar-refractivity contribution < 1.29 is 14.0 Å². The second-order valence-corrected chi connectivity index (χ2v) is 6.22. The van der Waals surface area contributed by atoms with Crippen LogP contribution in [-0.2, 0) is 11.2 Å². The molecule has 2 amide bonds. The molecule has 1 N–H and O–H groups in total. The fourth-order valence-electron chi connectivity index (χ4n) is 3.21. The van der Waals surface area contributed by atoms with Gasteiger partial charge in [-0.25, -0.2) is 0 Å². The van der Waals surface area contributed by atoms with Gasteiger partial charge in [0, 0.05) is 12.6 Å². The Kier molecular flexibility index (Phi) is 4.99. The molecule has 0 bridgehead atoms. The number of nitrogens with one attached hydrogen (secondary N) is 1. The number of rotatable bonds is 5. The van der Waals surface area contributed by atoms with Crippen LogP contribution in [0, 0.1) is 0 Å². The molecule has 0 spiro atoms. The number of benzene rings is 1. The molecule has 5 heteroatoms. The van der Waals surface area contributed by atoms with E-state index in [1.165, 1.54) is 18.1 Å². The summed E-state index contributed by atoms with van der Waals surface area (Å²) in [5, 5.41) is 2.75. The van der Waals surface area contributed by atoms with Crippen LogP contribution in [0.5, 0.6) is 0 Å². The minimum absolute atomic E-state index is 0.0229. The van der Waals surface area contributed by atoms with Crippen LogP contribution >= 0.6 is 0 Å². The van der Waals surface area contributed by atoms with E-state index in [0.29, 0.717) is 5.56 Å². The first-order chi connectivity index (χ1) is 11.6. The predicted octanol–water partition coefficient (Wildman–Crippen LogP) is 2.63. The Hall–Kier alpha value is -2.56. The number of hydrogen-bond donors (Lipinski definition) is 1. The van der Waals surface area contributed by atoms with E-state index in [-0.39, 0.29) is 17.9 Å².